The van der Waals surface area contributed by atoms with Gasteiger partial charge in [-0.15, -0.1) is 0 Å². The minimum Gasteiger partial charge on any atom is -0.477 e. The molecule has 0 saturated heterocycles. The predicted molar refractivity (Wildman–Crippen MR) is 197 cm³/mol. The van der Waals surface area contributed by atoms with E-state index in [1.165, 1.54) is 38.5 Å². The fourth-order valence-corrected chi connectivity index (χ4v) is 4.81. The smallest absolute Gasteiger partial charge is 0.362 e. The molecule has 0 amide bonds. The van der Waals surface area contributed by atoms with Crippen LogP contribution in [0.2, 0.25) is 0 Å². The van der Waals surface area contributed by atoms with Crippen molar-refractivity contribution in [2.75, 3.05) is 41.0 Å². The largest absolute Gasteiger partial charge is 0.477 e. The predicted octanol–water partition coefficient (Wildman–Crippen LogP) is 9.07. The fraction of sp³-hybridized carbons (Fsp3) is 0.675. The van der Waals surface area contributed by atoms with Crippen LogP contribution in [0.15, 0.2) is 60.8 Å². The molecular weight excluding hydrogens is 606 g/mol. The summed E-state index contributed by atoms with van der Waals surface area (Å²) in [5.41, 5.74) is 0. The molecule has 8 heteroatoms. The molecule has 0 radical (unpaired) electrons. The molecule has 0 heterocycles. The van der Waals surface area contributed by atoms with Crippen molar-refractivity contribution in [3.8, 4) is 0 Å². The van der Waals surface area contributed by atoms with Crippen LogP contribution in [0.25, 0.3) is 0 Å². The topological polar surface area (TPSA) is 99.1 Å². The zero-order chi connectivity index (χ0) is 35.7. The summed E-state index contributed by atoms with van der Waals surface area (Å²) in [4.78, 5) is 36.6. The number of rotatable bonds is 31. The van der Waals surface area contributed by atoms with Crippen molar-refractivity contribution in [3.05, 3.63) is 60.8 Å². The number of hydrogen-bond donors (Lipinski definition) is 1. The van der Waals surface area contributed by atoms with Crippen molar-refractivity contribution in [1.29, 1.82) is 0 Å². The van der Waals surface area contributed by atoms with Crippen molar-refractivity contribution in [2.24, 2.45) is 0 Å². The van der Waals surface area contributed by atoms with Gasteiger partial charge in [-0.2, -0.15) is 0 Å². The number of esters is 2. The number of carboxylic acid groups (broad SMARTS) is 1. The molecular formula is C40H68NO7+. The van der Waals surface area contributed by atoms with Crippen molar-refractivity contribution in [1.82, 2.24) is 0 Å². The summed E-state index contributed by atoms with van der Waals surface area (Å²) in [6.07, 6.45) is 35.8. The number of unbranched alkanes of at least 4 members (excludes halogenated alkanes) is 7. The quantitative estimate of drug-likeness (QED) is 0.0339. The normalized spacial score (nSPS) is 13.8. The second kappa shape index (κ2) is 31.3. The van der Waals surface area contributed by atoms with Crippen molar-refractivity contribution >= 4 is 17.9 Å². The molecule has 0 rings (SSSR count). The van der Waals surface area contributed by atoms with E-state index in [2.05, 4.69) is 68.5 Å². The second-order valence-electron chi connectivity index (χ2n) is 13.1. The zero-order valence-electron chi connectivity index (χ0n) is 30.9. The van der Waals surface area contributed by atoms with Crippen molar-refractivity contribution < 1.29 is 38.2 Å². The molecule has 0 fully saturated rings. The Bertz CT molecular complexity index is 975. The van der Waals surface area contributed by atoms with Crippen LogP contribution in [0.4, 0.5) is 0 Å². The van der Waals surface area contributed by atoms with Crippen LogP contribution in [-0.2, 0) is 28.6 Å². The number of hydrogen-bond acceptors (Lipinski definition) is 6. The van der Waals surface area contributed by atoms with Crippen LogP contribution in [0.5, 0.6) is 0 Å². The fourth-order valence-electron chi connectivity index (χ4n) is 4.81. The highest BCUT2D eigenvalue weighted by molar-refractivity contribution is 5.72. The molecule has 0 bridgehead atoms. The highest BCUT2D eigenvalue weighted by Crippen LogP contribution is 2.11. The first-order valence-electron chi connectivity index (χ1n) is 18.3. The number of likely N-dealkylation sites (N-methyl/N-ethyl adjacent to an activating group) is 1. The maximum atomic E-state index is 12.6. The van der Waals surface area contributed by atoms with Gasteiger partial charge in [-0.25, -0.2) is 4.79 Å². The van der Waals surface area contributed by atoms with Crippen molar-refractivity contribution in [3.63, 3.8) is 0 Å². The third-order valence-electron chi connectivity index (χ3n) is 7.66. The first-order valence-corrected chi connectivity index (χ1v) is 18.3. The average molecular weight is 675 g/mol. The van der Waals surface area contributed by atoms with Gasteiger partial charge in [-0.1, -0.05) is 107 Å². The number of carbonyl (C=O) groups is 3. The number of nitrogens with zero attached hydrogens (tertiary/aromatic N) is 1. The summed E-state index contributed by atoms with van der Waals surface area (Å²) < 4.78 is 17.0. The summed E-state index contributed by atoms with van der Waals surface area (Å²) in [5.74, 6) is -1.63. The van der Waals surface area contributed by atoms with Crippen molar-refractivity contribution in [2.45, 2.75) is 135 Å². The van der Waals surface area contributed by atoms with E-state index in [0.29, 0.717) is 19.3 Å². The lowest BCUT2D eigenvalue weighted by Crippen LogP contribution is -2.50. The van der Waals surface area contributed by atoms with Crippen LogP contribution in [0.3, 0.4) is 0 Å². The molecule has 0 aliphatic rings. The first-order chi connectivity index (χ1) is 23.1. The maximum Gasteiger partial charge on any atom is 0.362 e. The lowest BCUT2D eigenvalue weighted by molar-refractivity contribution is -0.887. The highest BCUT2D eigenvalue weighted by atomic mass is 16.6. The summed E-state index contributed by atoms with van der Waals surface area (Å²) in [5, 5.41) is 9.56. The number of carbonyl (C=O) groups excluding carboxylic acids is 2. The third-order valence-corrected chi connectivity index (χ3v) is 7.66. The van der Waals surface area contributed by atoms with Gasteiger partial charge in [-0.05, 0) is 57.8 Å². The highest BCUT2D eigenvalue weighted by Gasteiger charge is 2.31. The number of ether oxygens (including phenoxy) is 3. The summed E-state index contributed by atoms with van der Waals surface area (Å²) in [7, 11) is 5.47. The van der Waals surface area contributed by atoms with Gasteiger partial charge in [0.2, 0.25) is 0 Å². The molecule has 8 nitrogen and oxygen atoms in total. The van der Waals surface area contributed by atoms with Gasteiger partial charge in [0, 0.05) is 19.3 Å². The molecule has 1 N–H and O–H groups in total. The lowest BCUT2D eigenvalue weighted by Gasteiger charge is -2.31. The maximum absolute atomic E-state index is 12.6. The Hall–Kier alpha value is -2.97. The Kier molecular flexibility index (Phi) is 29.4. The molecule has 0 aliphatic carbocycles. The molecule has 0 aliphatic heterocycles. The number of quaternary nitrogens is 1. The standard InChI is InChI=1S/C40H67NO7/c1-6-8-10-12-14-16-18-19-21-22-24-26-28-30-38(42)47-35-36(34-46-33-32-37(40(44)45)41(3,4)5)48-39(43)31-29-27-25-23-20-17-15-13-11-9-7-2/h9,11,15,17,19,21,23-26,36-37H,6-8,10,12-14,16,18,20,22,27-35H2,1-5H3/p+1/b11-9+,17-15+,21-19+,25-23+,26-24+. The average Bonchev–Trinajstić information content (AvgIpc) is 3.03. The summed E-state index contributed by atoms with van der Waals surface area (Å²) in [6, 6.07) is -0.630. The van der Waals surface area contributed by atoms with E-state index in [1.807, 2.05) is 27.2 Å². The molecule has 0 aromatic heterocycles. The van der Waals surface area contributed by atoms with Gasteiger partial charge < -0.3 is 23.8 Å². The first kappa shape index (κ1) is 45.0. The minimum atomic E-state index is -0.893. The van der Waals surface area contributed by atoms with Crippen LogP contribution in [-0.4, -0.2) is 80.6 Å². The Labute approximate surface area is 292 Å². The van der Waals surface area contributed by atoms with Crippen LogP contribution in [0, 0.1) is 0 Å². The zero-order valence-corrected chi connectivity index (χ0v) is 30.9. The Morgan fingerprint density at radius 2 is 1.21 bits per heavy atom. The number of allylic oxidation sites excluding steroid dienone is 10. The third kappa shape index (κ3) is 29.2. The Balaban J connectivity index is 4.61. The molecule has 0 aromatic rings. The van der Waals surface area contributed by atoms with Gasteiger partial charge in [-0.3, -0.25) is 9.59 Å². The SMILES string of the molecule is CC/C=C/C/C=C/C/C=C/CCCC(=O)OC(COCCC(C(=O)O)[N+](C)(C)C)COC(=O)CC/C=C/C/C=C/CCCCCCCC. The molecule has 274 valence electrons. The van der Waals surface area contributed by atoms with E-state index < -0.39 is 18.1 Å². The monoisotopic (exact) mass is 674 g/mol. The molecule has 2 unspecified atom stereocenters. The molecule has 2 atom stereocenters. The van der Waals surface area contributed by atoms with E-state index >= 15 is 0 Å². The van der Waals surface area contributed by atoms with Gasteiger partial charge in [0.05, 0.1) is 34.4 Å². The van der Waals surface area contributed by atoms with Crippen LogP contribution < -0.4 is 0 Å². The second-order valence-corrected chi connectivity index (χ2v) is 13.1. The minimum absolute atomic E-state index is 0.0210. The van der Waals surface area contributed by atoms with E-state index in [0.717, 1.165) is 38.5 Å². The van der Waals surface area contributed by atoms with Crippen LogP contribution >= 0.6 is 0 Å². The van der Waals surface area contributed by atoms with Gasteiger partial charge in [0.25, 0.3) is 0 Å². The van der Waals surface area contributed by atoms with E-state index in [4.69, 9.17) is 14.2 Å². The molecule has 0 spiro atoms. The summed E-state index contributed by atoms with van der Waals surface area (Å²) >= 11 is 0. The number of aliphatic carboxylic acids is 1. The van der Waals surface area contributed by atoms with Gasteiger partial charge in [0.15, 0.2) is 12.1 Å². The van der Waals surface area contributed by atoms with Gasteiger partial charge in [0.1, 0.15) is 6.61 Å². The van der Waals surface area contributed by atoms with E-state index in [1.54, 1.807) is 0 Å². The molecule has 0 saturated carbocycles. The van der Waals surface area contributed by atoms with Gasteiger partial charge >= 0.3 is 17.9 Å². The Morgan fingerprint density at radius 3 is 1.81 bits per heavy atom. The summed E-state index contributed by atoms with van der Waals surface area (Å²) in [6.45, 7) is 4.45. The lowest BCUT2D eigenvalue weighted by atomic mass is 10.1. The van der Waals surface area contributed by atoms with E-state index in [9.17, 15) is 19.5 Å². The molecule has 0 aromatic carbocycles. The number of carboxylic acids is 1. The van der Waals surface area contributed by atoms with E-state index in [-0.39, 0.29) is 49.1 Å². The molecule has 48 heavy (non-hydrogen) atoms. The van der Waals surface area contributed by atoms with Crippen LogP contribution in [0.1, 0.15) is 123 Å². The Morgan fingerprint density at radius 1 is 0.646 bits per heavy atom.